The van der Waals surface area contributed by atoms with Crippen molar-refractivity contribution in [3.05, 3.63) is 0 Å². The number of aliphatic carboxylic acids is 1. The van der Waals surface area contributed by atoms with Crippen LogP contribution in [0.4, 0.5) is 0 Å². The lowest BCUT2D eigenvalue weighted by atomic mass is 10.0. The van der Waals surface area contributed by atoms with Crippen molar-refractivity contribution < 1.29 is 14.7 Å². The maximum Gasteiger partial charge on any atom is 0.321 e. The van der Waals surface area contributed by atoms with E-state index in [1.807, 2.05) is 13.8 Å². The molecular formula is C9H16N2O3. The van der Waals surface area contributed by atoms with Crippen LogP contribution in [0, 0.1) is 5.92 Å². The highest BCUT2D eigenvalue weighted by atomic mass is 16.4. The number of carbonyl (C=O) groups is 2. The van der Waals surface area contributed by atoms with E-state index in [1.54, 1.807) is 0 Å². The normalized spacial score (nSPS) is 27.5. The minimum atomic E-state index is -0.964. The highest BCUT2D eigenvalue weighted by Gasteiger charge is 2.30. The van der Waals surface area contributed by atoms with Gasteiger partial charge in [0, 0.05) is 0 Å². The van der Waals surface area contributed by atoms with E-state index >= 15 is 0 Å². The Morgan fingerprint density at radius 2 is 2.29 bits per heavy atom. The first kappa shape index (κ1) is 11.0. The average Bonchev–Trinajstić information content (AvgIpc) is 2.01. The molecule has 1 rings (SSSR count). The Morgan fingerprint density at radius 3 is 2.79 bits per heavy atom. The van der Waals surface area contributed by atoms with E-state index in [1.165, 1.54) is 0 Å². The van der Waals surface area contributed by atoms with Gasteiger partial charge in [0.2, 0.25) is 5.91 Å². The molecule has 1 fully saturated rings. The molecule has 5 heteroatoms. The molecule has 1 amide bonds. The third-order valence-electron chi connectivity index (χ3n) is 2.13. The fourth-order valence-electron chi connectivity index (χ4n) is 1.54. The topological polar surface area (TPSA) is 78.4 Å². The molecule has 3 N–H and O–H groups in total. The molecule has 1 saturated heterocycles. The number of rotatable bonds is 3. The van der Waals surface area contributed by atoms with Crippen LogP contribution in [0.1, 0.15) is 26.7 Å². The smallest absolute Gasteiger partial charge is 0.321 e. The molecule has 0 bridgehead atoms. The summed E-state index contributed by atoms with van der Waals surface area (Å²) in [6.07, 6.45) is 0.553. The monoisotopic (exact) mass is 200 g/mol. The van der Waals surface area contributed by atoms with E-state index in [9.17, 15) is 9.59 Å². The molecule has 80 valence electrons. The van der Waals surface area contributed by atoms with Crippen LogP contribution in [0.2, 0.25) is 0 Å². The molecule has 1 unspecified atom stereocenters. The summed E-state index contributed by atoms with van der Waals surface area (Å²) >= 11 is 0. The minimum absolute atomic E-state index is 0.0178. The van der Waals surface area contributed by atoms with Crippen molar-refractivity contribution in [3.8, 4) is 0 Å². The molecule has 0 radical (unpaired) electrons. The van der Waals surface area contributed by atoms with Gasteiger partial charge in [0.05, 0.1) is 12.6 Å². The molecule has 0 aromatic heterocycles. The molecule has 1 aliphatic rings. The fraction of sp³-hybridized carbons (Fsp3) is 0.778. The Labute approximate surface area is 82.9 Å². The number of carboxylic acid groups (broad SMARTS) is 1. The Kier molecular flexibility index (Phi) is 3.46. The highest BCUT2D eigenvalue weighted by molar-refractivity contribution is 5.85. The number of hydrogen-bond acceptors (Lipinski definition) is 3. The second-order valence-corrected chi connectivity index (χ2v) is 4.01. The SMILES string of the molecule is CC(C)CC1NC(=O)C[C@@H](C(=O)O)N1. The van der Waals surface area contributed by atoms with Crippen molar-refractivity contribution in [2.45, 2.75) is 38.9 Å². The third kappa shape index (κ3) is 2.99. The van der Waals surface area contributed by atoms with Gasteiger partial charge < -0.3 is 10.4 Å². The molecule has 0 aromatic rings. The van der Waals surface area contributed by atoms with E-state index in [2.05, 4.69) is 10.6 Å². The second-order valence-electron chi connectivity index (χ2n) is 4.01. The Balaban J connectivity index is 2.54. The van der Waals surface area contributed by atoms with Gasteiger partial charge in [0.25, 0.3) is 0 Å². The lowest BCUT2D eigenvalue weighted by Gasteiger charge is -2.30. The Morgan fingerprint density at radius 1 is 1.64 bits per heavy atom. The number of nitrogens with one attached hydrogen (secondary N) is 2. The van der Waals surface area contributed by atoms with Crippen LogP contribution in [-0.4, -0.2) is 29.2 Å². The van der Waals surface area contributed by atoms with Crippen molar-refractivity contribution in [1.82, 2.24) is 10.6 Å². The summed E-state index contributed by atoms with van der Waals surface area (Å²) in [4.78, 5) is 21.8. The molecule has 1 heterocycles. The van der Waals surface area contributed by atoms with Gasteiger partial charge in [-0.05, 0) is 12.3 Å². The zero-order valence-electron chi connectivity index (χ0n) is 8.41. The number of hydrogen-bond donors (Lipinski definition) is 3. The molecule has 2 atom stereocenters. The van der Waals surface area contributed by atoms with Crippen molar-refractivity contribution in [2.75, 3.05) is 0 Å². The summed E-state index contributed by atoms with van der Waals surface area (Å²) in [6, 6.07) is -0.743. The molecular weight excluding hydrogens is 184 g/mol. The predicted octanol–water partition coefficient (Wildman–Crippen LogP) is -0.0787. The van der Waals surface area contributed by atoms with Gasteiger partial charge in [-0.25, -0.2) is 0 Å². The molecule has 0 aromatic carbocycles. The Bertz CT molecular complexity index is 240. The largest absolute Gasteiger partial charge is 0.480 e. The summed E-state index contributed by atoms with van der Waals surface area (Å²) in [5, 5.41) is 14.4. The average molecular weight is 200 g/mol. The zero-order chi connectivity index (χ0) is 10.7. The molecule has 1 aliphatic heterocycles. The summed E-state index contributed by atoms with van der Waals surface area (Å²) in [5.41, 5.74) is 0. The van der Waals surface area contributed by atoms with Gasteiger partial charge in [-0.3, -0.25) is 14.9 Å². The minimum Gasteiger partial charge on any atom is -0.480 e. The van der Waals surface area contributed by atoms with Crippen LogP contribution in [-0.2, 0) is 9.59 Å². The van der Waals surface area contributed by atoms with E-state index < -0.39 is 12.0 Å². The van der Waals surface area contributed by atoms with E-state index in [0.717, 1.165) is 6.42 Å². The van der Waals surface area contributed by atoms with Crippen molar-refractivity contribution >= 4 is 11.9 Å². The summed E-state index contributed by atoms with van der Waals surface area (Å²) < 4.78 is 0. The predicted molar refractivity (Wildman–Crippen MR) is 50.6 cm³/mol. The van der Waals surface area contributed by atoms with Crippen LogP contribution < -0.4 is 10.6 Å². The lowest BCUT2D eigenvalue weighted by molar-refractivity contribution is -0.143. The first-order valence-corrected chi connectivity index (χ1v) is 4.77. The molecule has 0 saturated carbocycles. The number of carboxylic acids is 1. The van der Waals surface area contributed by atoms with Gasteiger partial charge in [-0.15, -0.1) is 0 Å². The third-order valence-corrected chi connectivity index (χ3v) is 2.13. The van der Waals surface area contributed by atoms with Crippen molar-refractivity contribution in [3.63, 3.8) is 0 Å². The summed E-state index contributed by atoms with van der Waals surface area (Å²) in [6.45, 7) is 4.05. The van der Waals surface area contributed by atoms with Gasteiger partial charge in [-0.1, -0.05) is 13.8 Å². The van der Waals surface area contributed by atoms with Crippen molar-refractivity contribution in [1.29, 1.82) is 0 Å². The van der Waals surface area contributed by atoms with Crippen LogP contribution in [0.15, 0.2) is 0 Å². The maximum absolute atomic E-state index is 11.2. The summed E-state index contributed by atoms with van der Waals surface area (Å²) in [7, 11) is 0. The molecule has 0 aliphatic carbocycles. The van der Waals surface area contributed by atoms with Crippen LogP contribution >= 0.6 is 0 Å². The van der Waals surface area contributed by atoms with Gasteiger partial charge >= 0.3 is 5.97 Å². The molecule has 5 nitrogen and oxygen atoms in total. The quantitative estimate of drug-likeness (QED) is 0.595. The van der Waals surface area contributed by atoms with Crippen molar-refractivity contribution in [2.24, 2.45) is 5.92 Å². The zero-order valence-corrected chi connectivity index (χ0v) is 8.41. The highest BCUT2D eigenvalue weighted by Crippen LogP contribution is 2.08. The first-order valence-electron chi connectivity index (χ1n) is 4.77. The summed E-state index contributed by atoms with van der Waals surface area (Å²) in [5.74, 6) is -0.740. The second kappa shape index (κ2) is 4.41. The first-order chi connectivity index (χ1) is 6.49. The van der Waals surface area contributed by atoms with Gasteiger partial charge in [0.1, 0.15) is 6.04 Å². The maximum atomic E-state index is 11.2. The Hall–Kier alpha value is -1.10. The standard InChI is InChI=1S/C9H16N2O3/c1-5(2)3-7-10-6(9(13)14)4-8(12)11-7/h5-7,10H,3-4H2,1-2H3,(H,11,12)(H,13,14)/t6-,7?/m0/s1. The van der Waals surface area contributed by atoms with E-state index in [0.29, 0.717) is 5.92 Å². The number of amides is 1. The van der Waals surface area contributed by atoms with Crippen LogP contribution in [0.3, 0.4) is 0 Å². The van der Waals surface area contributed by atoms with Gasteiger partial charge in [-0.2, -0.15) is 0 Å². The van der Waals surface area contributed by atoms with E-state index in [-0.39, 0.29) is 18.5 Å². The molecule has 14 heavy (non-hydrogen) atoms. The number of carbonyl (C=O) groups excluding carboxylic acids is 1. The lowest BCUT2D eigenvalue weighted by Crippen LogP contribution is -2.59. The molecule has 0 spiro atoms. The van der Waals surface area contributed by atoms with Crippen LogP contribution in [0.5, 0.6) is 0 Å². The van der Waals surface area contributed by atoms with Crippen LogP contribution in [0.25, 0.3) is 0 Å². The fourth-order valence-corrected chi connectivity index (χ4v) is 1.54. The van der Waals surface area contributed by atoms with Gasteiger partial charge in [0.15, 0.2) is 0 Å². The van der Waals surface area contributed by atoms with E-state index in [4.69, 9.17) is 5.11 Å².